The first kappa shape index (κ1) is 28.8. The number of nitrogens with zero attached hydrogens (tertiary/aromatic N) is 2. The molecule has 1 atom stereocenters. The summed E-state index contributed by atoms with van der Waals surface area (Å²) in [6, 6.07) is 14.4. The standard InChI is InChI=1S/C32H29ClN2O7S/c1-3-4-5-12-40-22-10-6-18(15-24(22)39-2)28-27(29(36)19-7-11-23-25(16-19)42-14-13-41-23)30(37)31(38)35(28)32-34-21-9-8-20(33)17-26(21)43-32/h6-11,15-17,28,36H,3-5,12-14H2,1-2H3/b29-27+/t28-/m0/s1. The molecule has 3 heterocycles. The van der Waals surface area contributed by atoms with Gasteiger partial charge in [0.2, 0.25) is 0 Å². The normalized spacial score (nSPS) is 17.5. The summed E-state index contributed by atoms with van der Waals surface area (Å²) in [4.78, 5) is 33.4. The van der Waals surface area contributed by atoms with Gasteiger partial charge in [0.15, 0.2) is 28.1 Å². The van der Waals surface area contributed by atoms with Crippen molar-refractivity contribution in [3.05, 3.63) is 76.3 Å². The Bertz CT molecular complexity index is 1750. The van der Waals surface area contributed by atoms with Gasteiger partial charge >= 0.3 is 5.91 Å². The van der Waals surface area contributed by atoms with Crippen LogP contribution in [-0.2, 0) is 9.59 Å². The maximum absolute atomic E-state index is 13.7. The molecule has 1 aromatic heterocycles. The summed E-state index contributed by atoms with van der Waals surface area (Å²) in [6.45, 7) is 3.42. The summed E-state index contributed by atoms with van der Waals surface area (Å²) >= 11 is 7.44. The van der Waals surface area contributed by atoms with Gasteiger partial charge in [-0.15, -0.1) is 0 Å². The molecule has 2 aliphatic rings. The van der Waals surface area contributed by atoms with Gasteiger partial charge in [-0.3, -0.25) is 14.5 Å². The summed E-state index contributed by atoms with van der Waals surface area (Å²) in [7, 11) is 1.53. The second kappa shape index (κ2) is 12.1. The summed E-state index contributed by atoms with van der Waals surface area (Å²) < 4.78 is 23.7. The van der Waals surface area contributed by atoms with Crippen molar-refractivity contribution in [1.82, 2.24) is 4.98 Å². The van der Waals surface area contributed by atoms with E-state index in [0.717, 1.165) is 24.0 Å². The number of carbonyl (C=O) groups is 2. The van der Waals surface area contributed by atoms with E-state index in [0.29, 0.717) is 69.6 Å². The van der Waals surface area contributed by atoms with Gasteiger partial charge < -0.3 is 24.1 Å². The highest BCUT2D eigenvalue weighted by Crippen LogP contribution is 2.46. The van der Waals surface area contributed by atoms with Crippen molar-refractivity contribution in [2.75, 3.05) is 31.8 Å². The fraction of sp³-hybridized carbons (Fsp3) is 0.281. The fourth-order valence-electron chi connectivity index (χ4n) is 5.19. The van der Waals surface area contributed by atoms with E-state index < -0.39 is 17.7 Å². The Balaban J connectivity index is 1.48. The van der Waals surface area contributed by atoms with Crippen LogP contribution in [0.4, 0.5) is 5.13 Å². The lowest BCUT2D eigenvalue weighted by Gasteiger charge is -2.24. The number of methoxy groups -OCH3 is 1. The van der Waals surface area contributed by atoms with E-state index >= 15 is 0 Å². The van der Waals surface area contributed by atoms with Crippen LogP contribution in [0.1, 0.15) is 43.4 Å². The zero-order chi connectivity index (χ0) is 30.1. The molecule has 43 heavy (non-hydrogen) atoms. The Hall–Kier alpha value is -4.28. The quantitative estimate of drug-likeness (QED) is 0.0929. The summed E-state index contributed by atoms with van der Waals surface area (Å²) in [5, 5.41) is 12.4. The first-order valence-corrected chi connectivity index (χ1v) is 15.2. The molecule has 0 unspecified atom stereocenters. The predicted octanol–water partition coefficient (Wildman–Crippen LogP) is 6.92. The van der Waals surface area contributed by atoms with E-state index in [1.54, 1.807) is 54.6 Å². The van der Waals surface area contributed by atoms with Gasteiger partial charge in [-0.1, -0.05) is 48.8 Å². The van der Waals surface area contributed by atoms with E-state index in [1.807, 2.05) is 0 Å². The predicted molar refractivity (Wildman–Crippen MR) is 165 cm³/mol. The molecule has 222 valence electrons. The van der Waals surface area contributed by atoms with Crippen molar-refractivity contribution in [3.63, 3.8) is 0 Å². The minimum atomic E-state index is -1.01. The average Bonchev–Trinajstić information content (AvgIpc) is 3.55. The number of halogens is 1. The van der Waals surface area contributed by atoms with Gasteiger partial charge in [-0.05, 0) is 60.5 Å². The molecule has 1 amide bonds. The monoisotopic (exact) mass is 620 g/mol. The topological polar surface area (TPSA) is 107 Å². The van der Waals surface area contributed by atoms with Crippen LogP contribution >= 0.6 is 22.9 Å². The highest BCUT2D eigenvalue weighted by molar-refractivity contribution is 7.22. The van der Waals surface area contributed by atoms with E-state index in [-0.39, 0.29) is 11.3 Å². The number of carbonyl (C=O) groups excluding carboxylic acids is 2. The van der Waals surface area contributed by atoms with Crippen molar-refractivity contribution >= 4 is 55.7 Å². The van der Waals surface area contributed by atoms with Gasteiger partial charge in [0.25, 0.3) is 5.78 Å². The van der Waals surface area contributed by atoms with Crippen LogP contribution in [0, 0.1) is 0 Å². The van der Waals surface area contributed by atoms with Crippen LogP contribution in [0.3, 0.4) is 0 Å². The number of aromatic nitrogens is 1. The lowest BCUT2D eigenvalue weighted by Crippen LogP contribution is -2.29. The summed E-state index contributed by atoms with van der Waals surface area (Å²) in [5.74, 6) is -0.0363. The summed E-state index contributed by atoms with van der Waals surface area (Å²) in [6.07, 6.45) is 3.01. The Kier molecular flexibility index (Phi) is 8.14. The Morgan fingerprint density at radius 1 is 1.05 bits per heavy atom. The molecule has 1 fully saturated rings. The van der Waals surface area contributed by atoms with E-state index in [4.69, 9.17) is 30.5 Å². The lowest BCUT2D eigenvalue weighted by molar-refractivity contribution is -0.132. The highest BCUT2D eigenvalue weighted by Gasteiger charge is 2.48. The number of ether oxygens (including phenoxy) is 4. The molecule has 2 aliphatic heterocycles. The second-order valence-corrected chi connectivity index (χ2v) is 11.5. The zero-order valence-corrected chi connectivity index (χ0v) is 25.2. The Labute approximate surface area is 257 Å². The SMILES string of the molecule is CCCCCOc1ccc([C@H]2/C(=C(\O)c3ccc4c(c3)OCCO4)C(=O)C(=O)N2c2nc3ccc(Cl)cc3s2)cc1OC. The molecular formula is C32H29ClN2O7S. The number of anilines is 1. The second-order valence-electron chi connectivity index (χ2n) is 10.1. The van der Waals surface area contributed by atoms with Gasteiger partial charge in [-0.25, -0.2) is 4.98 Å². The van der Waals surface area contributed by atoms with Gasteiger partial charge in [0, 0.05) is 10.6 Å². The van der Waals surface area contributed by atoms with Crippen LogP contribution in [0.25, 0.3) is 16.0 Å². The first-order valence-electron chi connectivity index (χ1n) is 14.0. The average molecular weight is 621 g/mol. The molecule has 1 saturated heterocycles. The van der Waals surface area contributed by atoms with Crippen LogP contribution in [-0.4, -0.2) is 48.7 Å². The van der Waals surface area contributed by atoms with Crippen LogP contribution < -0.4 is 23.8 Å². The molecule has 11 heteroatoms. The molecule has 0 saturated carbocycles. The highest BCUT2D eigenvalue weighted by atomic mass is 35.5. The van der Waals surface area contributed by atoms with Crippen LogP contribution in [0.15, 0.2) is 60.2 Å². The van der Waals surface area contributed by atoms with Crippen molar-refractivity contribution in [2.24, 2.45) is 0 Å². The molecule has 0 bridgehead atoms. The number of benzene rings is 3. The molecule has 0 radical (unpaired) electrons. The number of hydrogen-bond donors (Lipinski definition) is 1. The number of rotatable bonds is 9. The minimum Gasteiger partial charge on any atom is -0.507 e. The van der Waals surface area contributed by atoms with Crippen molar-refractivity contribution in [3.8, 4) is 23.0 Å². The van der Waals surface area contributed by atoms with Gasteiger partial charge in [0.1, 0.15) is 19.0 Å². The van der Waals surface area contributed by atoms with Crippen LogP contribution in [0.5, 0.6) is 23.0 Å². The largest absolute Gasteiger partial charge is 0.507 e. The van der Waals surface area contributed by atoms with Gasteiger partial charge in [0.05, 0.1) is 35.5 Å². The van der Waals surface area contributed by atoms with Crippen LogP contribution in [0.2, 0.25) is 5.02 Å². The third-order valence-electron chi connectivity index (χ3n) is 7.31. The molecule has 9 nitrogen and oxygen atoms in total. The minimum absolute atomic E-state index is 0.0855. The smallest absolute Gasteiger partial charge is 0.301 e. The number of fused-ring (bicyclic) bond motifs is 2. The number of thiazole rings is 1. The molecule has 4 aromatic rings. The molecule has 6 rings (SSSR count). The Morgan fingerprint density at radius 3 is 2.65 bits per heavy atom. The first-order chi connectivity index (χ1) is 20.9. The van der Waals surface area contributed by atoms with E-state index in [2.05, 4.69) is 11.9 Å². The molecule has 0 spiro atoms. The number of amides is 1. The number of ketones is 1. The summed E-state index contributed by atoms with van der Waals surface area (Å²) in [5.41, 5.74) is 1.39. The number of aliphatic hydroxyl groups is 1. The van der Waals surface area contributed by atoms with E-state index in [1.165, 1.54) is 23.3 Å². The molecule has 1 N–H and O–H groups in total. The fourth-order valence-corrected chi connectivity index (χ4v) is 6.46. The number of aliphatic hydroxyl groups excluding tert-OH is 1. The van der Waals surface area contributed by atoms with Crippen molar-refractivity contribution in [2.45, 2.75) is 32.2 Å². The zero-order valence-electron chi connectivity index (χ0n) is 23.6. The Morgan fingerprint density at radius 2 is 1.86 bits per heavy atom. The van der Waals surface area contributed by atoms with Gasteiger partial charge in [-0.2, -0.15) is 0 Å². The van der Waals surface area contributed by atoms with E-state index in [9.17, 15) is 14.7 Å². The maximum atomic E-state index is 13.7. The van der Waals surface area contributed by atoms with Crippen molar-refractivity contribution in [1.29, 1.82) is 0 Å². The molecule has 3 aromatic carbocycles. The van der Waals surface area contributed by atoms with Crippen molar-refractivity contribution < 1.29 is 33.6 Å². The number of hydrogen-bond acceptors (Lipinski definition) is 9. The molecule has 0 aliphatic carbocycles. The molecular weight excluding hydrogens is 592 g/mol. The maximum Gasteiger partial charge on any atom is 0.301 e. The number of unbranched alkanes of at least 4 members (excludes halogenated alkanes) is 2. The number of Topliss-reactive ketones (excluding diaryl/α,β-unsaturated/α-hetero) is 1. The third kappa shape index (κ3) is 5.48. The lowest BCUT2D eigenvalue weighted by atomic mass is 9.95. The third-order valence-corrected chi connectivity index (χ3v) is 8.57.